The van der Waals surface area contributed by atoms with E-state index in [0.29, 0.717) is 0 Å². The summed E-state index contributed by atoms with van der Waals surface area (Å²) < 4.78 is 4.80. The van der Waals surface area contributed by atoms with Gasteiger partial charge in [0, 0.05) is 0 Å². The van der Waals surface area contributed by atoms with Gasteiger partial charge in [0.25, 0.3) is 0 Å². The lowest BCUT2D eigenvalue weighted by atomic mass is 10.1. The van der Waals surface area contributed by atoms with E-state index in [2.05, 4.69) is 88.7 Å². The molecular formula is C27H39N2S+. The van der Waals surface area contributed by atoms with E-state index < -0.39 is 0 Å². The number of thioether (sulfide) groups is 1. The average molecular weight is 424 g/mol. The Morgan fingerprint density at radius 1 is 0.733 bits per heavy atom. The summed E-state index contributed by atoms with van der Waals surface area (Å²) in [7, 11) is 0. The van der Waals surface area contributed by atoms with Gasteiger partial charge in [-0.25, -0.2) is 9.13 Å². The number of aromatic nitrogens is 2. The van der Waals surface area contributed by atoms with Crippen LogP contribution in [0.1, 0.15) is 76.7 Å². The maximum absolute atomic E-state index is 2.42. The summed E-state index contributed by atoms with van der Waals surface area (Å²) in [5, 5.41) is 0. The Balaban J connectivity index is 1.37. The van der Waals surface area contributed by atoms with Gasteiger partial charge in [-0.15, -0.1) is 11.8 Å². The highest BCUT2D eigenvalue weighted by molar-refractivity contribution is 7.98. The number of rotatable bonds is 15. The highest BCUT2D eigenvalue weighted by atomic mass is 32.2. The molecule has 0 saturated heterocycles. The van der Waals surface area contributed by atoms with Crippen LogP contribution in [0.5, 0.6) is 0 Å². The molecule has 0 saturated carbocycles. The highest BCUT2D eigenvalue weighted by Crippen LogP contribution is 2.17. The van der Waals surface area contributed by atoms with Crippen LogP contribution in [0.15, 0.2) is 60.9 Å². The lowest BCUT2D eigenvalue weighted by Crippen LogP contribution is -2.32. The van der Waals surface area contributed by atoms with E-state index in [9.17, 15) is 0 Å². The molecule has 1 aromatic heterocycles. The number of hydrogen-bond donors (Lipinski definition) is 0. The van der Waals surface area contributed by atoms with E-state index in [4.69, 9.17) is 0 Å². The van der Waals surface area contributed by atoms with Crippen LogP contribution in [-0.4, -0.2) is 10.3 Å². The summed E-state index contributed by atoms with van der Waals surface area (Å²) >= 11 is 2.07. The number of benzene rings is 2. The smallest absolute Gasteiger partial charge is 0.226 e. The van der Waals surface area contributed by atoms with E-state index in [1.807, 2.05) is 0 Å². The molecule has 1 heterocycles. The molecule has 162 valence electrons. The first-order valence-corrected chi connectivity index (χ1v) is 13.1. The quantitative estimate of drug-likeness (QED) is 0.181. The minimum absolute atomic E-state index is 0.928. The summed E-state index contributed by atoms with van der Waals surface area (Å²) in [4.78, 5) is 0. The number of hydrogen-bond acceptors (Lipinski definition) is 1. The standard InChI is InChI=1S/C27H39N2S/c1-2-3-4-5-6-7-8-9-10-16-21-30-24-29-23-28(22-25-17-12-11-13-18-25)26-19-14-15-20-27(26)29/h11-15,17-20,23H,2-10,16,21-22,24H2,1H3/q+1. The van der Waals surface area contributed by atoms with Crippen LogP contribution in [0.2, 0.25) is 0 Å². The molecule has 3 aromatic rings. The molecule has 3 rings (SSSR count). The predicted molar refractivity (Wildman–Crippen MR) is 132 cm³/mol. The maximum atomic E-state index is 2.42. The Hall–Kier alpha value is -1.74. The molecule has 2 aromatic carbocycles. The first-order valence-electron chi connectivity index (χ1n) is 12.0. The molecule has 0 fully saturated rings. The summed E-state index contributed by atoms with van der Waals surface area (Å²) in [6.45, 7) is 3.22. The Morgan fingerprint density at radius 2 is 1.37 bits per heavy atom. The van der Waals surface area contributed by atoms with Crippen LogP contribution in [0.3, 0.4) is 0 Å². The maximum Gasteiger partial charge on any atom is 0.245 e. The first-order chi connectivity index (χ1) is 14.9. The van der Waals surface area contributed by atoms with Crippen LogP contribution in [0, 0.1) is 0 Å². The zero-order valence-corrected chi connectivity index (χ0v) is 19.6. The fourth-order valence-electron chi connectivity index (χ4n) is 4.11. The molecule has 0 spiro atoms. The molecule has 0 radical (unpaired) electrons. The Kier molecular flexibility index (Phi) is 10.4. The summed E-state index contributed by atoms with van der Waals surface area (Å²) in [6.07, 6.45) is 16.4. The molecule has 3 heteroatoms. The van der Waals surface area contributed by atoms with Gasteiger partial charge in [-0.05, 0) is 29.9 Å². The summed E-state index contributed by atoms with van der Waals surface area (Å²) in [5.74, 6) is 2.31. The van der Waals surface area contributed by atoms with Gasteiger partial charge in [0.2, 0.25) is 6.33 Å². The third-order valence-electron chi connectivity index (χ3n) is 5.85. The zero-order valence-electron chi connectivity index (χ0n) is 18.8. The molecule has 0 aliphatic heterocycles. The van der Waals surface area contributed by atoms with Crippen molar-refractivity contribution >= 4 is 22.8 Å². The SMILES string of the molecule is CCCCCCCCCCCCSCn1c[n+](Cc2ccccc2)c2ccccc21. The van der Waals surface area contributed by atoms with Crippen LogP contribution in [0.25, 0.3) is 11.0 Å². The molecule has 0 aliphatic carbocycles. The van der Waals surface area contributed by atoms with E-state index in [0.717, 1.165) is 12.4 Å². The van der Waals surface area contributed by atoms with Gasteiger partial charge < -0.3 is 0 Å². The highest BCUT2D eigenvalue weighted by Gasteiger charge is 2.15. The number of para-hydroxylation sites is 2. The van der Waals surface area contributed by atoms with E-state index in [1.54, 1.807) is 0 Å². The van der Waals surface area contributed by atoms with Crippen molar-refractivity contribution in [3.8, 4) is 0 Å². The van der Waals surface area contributed by atoms with Crippen LogP contribution >= 0.6 is 11.8 Å². The topological polar surface area (TPSA) is 8.81 Å². The summed E-state index contributed by atoms with van der Waals surface area (Å²) in [5.41, 5.74) is 4.01. The van der Waals surface area contributed by atoms with Gasteiger partial charge >= 0.3 is 0 Å². The van der Waals surface area contributed by atoms with Crippen LogP contribution in [-0.2, 0) is 12.4 Å². The number of unbranched alkanes of at least 4 members (excludes halogenated alkanes) is 9. The Labute approximate surface area is 187 Å². The van der Waals surface area contributed by atoms with Gasteiger partial charge in [0.05, 0.1) is 0 Å². The van der Waals surface area contributed by atoms with Crippen molar-refractivity contribution in [3.05, 3.63) is 66.5 Å². The Bertz CT molecular complexity index is 840. The van der Waals surface area contributed by atoms with Crippen molar-refractivity contribution in [2.45, 2.75) is 83.6 Å². The monoisotopic (exact) mass is 423 g/mol. The second kappa shape index (κ2) is 13.5. The second-order valence-corrected chi connectivity index (χ2v) is 9.48. The third-order valence-corrected chi connectivity index (χ3v) is 6.89. The van der Waals surface area contributed by atoms with Gasteiger partial charge in [0.1, 0.15) is 12.4 Å². The second-order valence-electron chi connectivity index (χ2n) is 8.41. The average Bonchev–Trinajstić information content (AvgIpc) is 3.13. The normalized spacial score (nSPS) is 11.4. The lowest BCUT2D eigenvalue weighted by Gasteiger charge is -2.02. The molecule has 0 N–H and O–H groups in total. The number of nitrogens with zero attached hydrogens (tertiary/aromatic N) is 2. The fraction of sp³-hybridized carbons (Fsp3) is 0.519. The largest absolute Gasteiger partial charge is 0.245 e. The van der Waals surface area contributed by atoms with E-state index in [1.165, 1.54) is 86.6 Å². The van der Waals surface area contributed by atoms with Gasteiger partial charge in [-0.3, -0.25) is 0 Å². The van der Waals surface area contributed by atoms with Gasteiger partial charge in [0.15, 0.2) is 11.0 Å². The Morgan fingerprint density at radius 3 is 2.10 bits per heavy atom. The molecule has 0 aliphatic rings. The van der Waals surface area contributed by atoms with Crippen molar-refractivity contribution in [2.24, 2.45) is 0 Å². The van der Waals surface area contributed by atoms with Gasteiger partial charge in [-0.1, -0.05) is 107 Å². The molecule has 2 nitrogen and oxygen atoms in total. The molecule has 0 bridgehead atoms. The van der Waals surface area contributed by atoms with Crippen LogP contribution < -0.4 is 4.57 Å². The number of imidazole rings is 1. The van der Waals surface area contributed by atoms with Crippen molar-refractivity contribution in [1.29, 1.82) is 0 Å². The van der Waals surface area contributed by atoms with E-state index >= 15 is 0 Å². The lowest BCUT2D eigenvalue weighted by molar-refractivity contribution is -0.663. The molecule has 0 unspecified atom stereocenters. The molecular weight excluding hydrogens is 384 g/mol. The van der Waals surface area contributed by atoms with Crippen LogP contribution in [0.4, 0.5) is 0 Å². The summed E-state index contributed by atoms with van der Waals surface area (Å²) in [6, 6.07) is 19.5. The van der Waals surface area contributed by atoms with Crippen molar-refractivity contribution in [3.63, 3.8) is 0 Å². The minimum atomic E-state index is 0.928. The first kappa shape index (κ1) is 22.9. The molecule has 30 heavy (non-hydrogen) atoms. The fourth-order valence-corrected chi connectivity index (χ4v) is 5.05. The van der Waals surface area contributed by atoms with E-state index in [-0.39, 0.29) is 0 Å². The molecule has 0 atom stereocenters. The predicted octanol–water partition coefficient (Wildman–Crippen LogP) is 7.59. The van der Waals surface area contributed by atoms with Crippen molar-refractivity contribution in [2.75, 3.05) is 5.75 Å². The third kappa shape index (κ3) is 7.50. The van der Waals surface area contributed by atoms with Crippen molar-refractivity contribution < 1.29 is 4.57 Å². The van der Waals surface area contributed by atoms with Crippen molar-refractivity contribution in [1.82, 2.24) is 4.57 Å². The zero-order chi connectivity index (χ0) is 20.9. The van der Waals surface area contributed by atoms with Gasteiger partial charge in [-0.2, -0.15) is 0 Å². The number of fused-ring (bicyclic) bond motifs is 1. The minimum Gasteiger partial charge on any atom is -0.226 e. The molecule has 0 amide bonds.